The van der Waals surface area contributed by atoms with Gasteiger partial charge in [0, 0.05) is 12.5 Å². The number of alkyl halides is 2. The number of nitrogens with two attached hydrogens (primary N) is 1. The second-order valence-electron chi connectivity index (χ2n) is 3.46. The fraction of sp³-hybridized carbons (Fsp3) is 0.400. The van der Waals surface area contributed by atoms with Crippen LogP contribution in [-0.4, -0.2) is 32.4 Å². The SMILES string of the molecule is NCC(CO)c1ccccc1S(=O)(=O)C(F)F. The summed E-state index contributed by atoms with van der Waals surface area (Å²) in [6.45, 7) is -0.418. The van der Waals surface area contributed by atoms with Crippen LogP contribution in [0, 0.1) is 0 Å². The van der Waals surface area contributed by atoms with Gasteiger partial charge in [-0.05, 0) is 11.6 Å². The molecule has 7 heteroatoms. The zero-order valence-corrected chi connectivity index (χ0v) is 9.70. The molecule has 1 atom stereocenters. The molecule has 0 aromatic heterocycles. The van der Waals surface area contributed by atoms with Crippen LogP contribution in [-0.2, 0) is 9.84 Å². The van der Waals surface area contributed by atoms with Gasteiger partial charge in [0.15, 0.2) is 0 Å². The quantitative estimate of drug-likeness (QED) is 0.822. The summed E-state index contributed by atoms with van der Waals surface area (Å²) < 4.78 is 47.8. The summed E-state index contributed by atoms with van der Waals surface area (Å²) in [4.78, 5) is -0.473. The summed E-state index contributed by atoms with van der Waals surface area (Å²) in [5.74, 6) is -4.15. The molecule has 0 amide bonds. The standard InChI is InChI=1S/C10H13F2NO3S/c11-10(12)17(15,16)9-4-2-1-3-8(9)7(5-13)6-14/h1-4,7,10,14H,5-6,13H2. The normalized spacial score (nSPS) is 13.9. The summed E-state index contributed by atoms with van der Waals surface area (Å²) in [5, 5.41) is 9.05. The van der Waals surface area contributed by atoms with E-state index >= 15 is 0 Å². The highest BCUT2D eigenvalue weighted by atomic mass is 32.2. The molecule has 0 fully saturated rings. The van der Waals surface area contributed by atoms with Gasteiger partial charge in [0.25, 0.3) is 0 Å². The lowest BCUT2D eigenvalue weighted by atomic mass is 10.0. The molecular formula is C10H13F2NO3S. The highest BCUT2D eigenvalue weighted by Crippen LogP contribution is 2.27. The third-order valence-electron chi connectivity index (χ3n) is 2.40. The Morgan fingerprint density at radius 1 is 1.29 bits per heavy atom. The molecule has 0 aliphatic rings. The van der Waals surface area contributed by atoms with Gasteiger partial charge in [-0.1, -0.05) is 18.2 Å². The summed E-state index contributed by atoms with van der Waals surface area (Å²) in [5.41, 5.74) is 5.48. The van der Waals surface area contributed by atoms with Crippen molar-refractivity contribution in [2.24, 2.45) is 5.73 Å². The Morgan fingerprint density at radius 3 is 2.35 bits per heavy atom. The largest absolute Gasteiger partial charge is 0.396 e. The first kappa shape index (κ1) is 14.0. The Kier molecular flexibility index (Phi) is 4.55. The third kappa shape index (κ3) is 2.80. The number of sulfone groups is 1. The van der Waals surface area contributed by atoms with Gasteiger partial charge < -0.3 is 10.8 Å². The van der Waals surface area contributed by atoms with Crippen molar-refractivity contribution >= 4 is 9.84 Å². The van der Waals surface area contributed by atoms with Crippen molar-refractivity contribution in [1.82, 2.24) is 0 Å². The molecular weight excluding hydrogens is 252 g/mol. The highest BCUT2D eigenvalue weighted by Gasteiger charge is 2.30. The highest BCUT2D eigenvalue weighted by molar-refractivity contribution is 7.91. The van der Waals surface area contributed by atoms with Gasteiger partial charge in [-0.25, -0.2) is 8.42 Å². The molecule has 0 saturated heterocycles. The predicted octanol–water partition coefficient (Wildman–Crippen LogP) is 0.718. The Morgan fingerprint density at radius 2 is 1.88 bits per heavy atom. The first-order chi connectivity index (χ1) is 7.95. The lowest BCUT2D eigenvalue weighted by Gasteiger charge is -2.16. The maximum absolute atomic E-state index is 12.5. The third-order valence-corrected chi connectivity index (χ3v) is 3.86. The van der Waals surface area contributed by atoms with E-state index in [0.717, 1.165) is 6.07 Å². The van der Waals surface area contributed by atoms with Gasteiger partial charge >= 0.3 is 5.76 Å². The molecule has 1 unspecified atom stereocenters. The van der Waals surface area contributed by atoms with Crippen LogP contribution in [0.4, 0.5) is 8.78 Å². The maximum Gasteiger partial charge on any atom is 0.341 e. The first-order valence-corrected chi connectivity index (χ1v) is 6.41. The molecule has 1 aromatic carbocycles. The van der Waals surface area contributed by atoms with Crippen molar-refractivity contribution in [2.45, 2.75) is 16.6 Å². The monoisotopic (exact) mass is 265 g/mol. The Hall–Kier alpha value is -1.05. The average molecular weight is 265 g/mol. The second-order valence-corrected chi connectivity index (χ2v) is 5.34. The Labute approximate surface area is 98.0 Å². The van der Waals surface area contributed by atoms with E-state index in [9.17, 15) is 17.2 Å². The van der Waals surface area contributed by atoms with Crippen LogP contribution >= 0.6 is 0 Å². The molecule has 0 spiro atoms. The van der Waals surface area contributed by atoms with Crippen LogP contribution in [0.5, 0.6) is 0 Å². The van der Waals surface area contributed by atoms with E-state index in [-0.39, 0.29) is 12.1 Å². The zero-order valence-electron chi connectivity index (χ0n) is 8.88. The van der Waals surface area contributed by atoms with Gasteiger partial charge in [0.2, 0.25) is 9.84 Å². The summed E-state index contributed by atoms with van der Waals surface area (Å²) in [7, 11) is -4.67. The van der Waals surface area contributed by atoms with E-state index in [2.05, 4.69) is 0 Å². The van der Waals surface area contributed by atoms with Gasteiger partial charge in [0.05, 0.1) is 11.5 Å². The lowest BCUT2D eigenvalue weighted by Crippen LogP contribution is -2.21. The average Bonchev–Trinajstić information content (AvgIpc) is 2.31. The van der Waals surface area contributed by atoms with Crippen LogP contribution in [0.25, 0.3) is 0 Å². The first-order valence-electron chi connectivity index (χ1n) is 4.87. The van der Waals surface area contributed by atoms with Gasteiger partial charge in [-0.3, -0.25) is 0 Å². The fourth-order valence-electron chi connectivity index (χ4n) is 1.47. The predicted molar refractivity (Wildman–Crippen MR) is 58.5 cm³/mol. The minimum absolute atomic E-state index is 0.0216. The van der Waals surface area contributed by atoms with E-state index in [4.69, 9.17) is 10.8 Å². The summed E-state index contributed by atoms with van der Waals surface area (Å²) in [6, 6.07) is 5.33. The zero-order chi connectivity index (χ0) is 13.1. The van der Waals surface area contributed by atoms with Gasteiger partial charge in [0.1, 0.15) is 0 Å². The molecule has 0 aliphatic carbocycles. The van der Waals surface area contributed by atoms with Crippen LogP contribution in [0.2, 0.25) is 0 Å². The van der Waals surface area contributed by atoms with Crippen LogP contribution in [0.1, 0.15) is 11.5 Å². The topological polar surface area (TPSA) is 80.4 Å². The molecule has 4 nitrogen and oxygen atoms in total. The lowest BCUT2D eigenvalue weighted by molar-refractivity contribution is 0.234. The van der Waals surface area contributed by atoms with E-state index < -0.39 is 33.0 Å². The van der Waals surface area contributed by atoms with E-state index in [1.165, 1.54) is 18.2 Å². The smallest absolute Gasteiger partial charge is 0.341 e. The van der Waals surface area contributed by atoms with Crippen molar-refractivity contribution in [3.63, 3.8) is 0 Å². The maximum atomic E-state index is 12.5. The molecule has 3 N–H and O–H groups in total. The number of rotatable bonds is 5. The molecule has 0 heterocycles. The Balaban J connectivity index is 3.35. The van der Waals surface area contributed by atoms with Crippen molar-refractivity contribution in [3.05, 3.63) is 29.8 Å². The van der Waals surface area contributed by atoms with Crippen molar-refractivity contribution in [1.29, 1.82) is 0 Å². The molecule has 0 aliphatic heterocycles. The van der Waals surface area contributed by atoms with Crippen molar-refractivity contribution in [2.75, 3.05) is 13.2 Å². The number of aliphatic hydroxyl groups is 1. The molecule has 17 heavy (non-hydrogen) atoms. The number of benzene rings is 1. The fourth-order valence-corrected chi connectivity index (χ4v) is 2.50. The van der Waals surface area contributed by atoms with Crippen LogP contribution in [0.3, 0.4) is 0 Å². The number of hydrogen-bond donors (Lipinski definition) is 2. The van der Waals surface area contributed by atoms with Crippen LogP contribution < -0.4 is 5.73 Å². The number of aliphatic hydroxyl groups excluding tert-OH is 1. The van der Waals surface area contributed by atoms with E-state index in [1.54, 1.807) is 0 Å². The molecule has 0 saturated carbocycles. The van der Waals surface area contributed by atoms with Crippen molar-refractivity contribution in [3.8, 4) is 0 Å². The number of halogens is 2. The van der Waals surface area contributed by atoms with E-state index in [0.29, 0.717) is 0 Å². The van der Waals surface area contributed by atoms with Crippen LogP contribution in [0.15, 0.2) is 29.2 Å². The van der Waals surface area contributed by atoms with Gasteiger partial charge in [-0.15, -0.1) is 0 Å². The molecule has 0 radical (unpaired) electrons. The van der Waals surface area contributed by atoms with Gasteiger partial charge in [-0.2, -0.15) is 8.78 Å². The Bertz CT molecular complexity index is 472. The number of hydrogen-bond acceptors (Lipinski definition) is 4. The van der Waals surface area contributed by atoms with E-state index in [1.807, 2.05) is 0 Å². The second kappa shape index (κ2) is 5.52. The molecule has 1 rings (SSSR count). The van der Waals surface area contributed by atoms with Crippen molar-refractivity contribution < 1.29 is 22.3 Å². The minimum atomic E-state index is -4.67. The summed E-state index contributed by atoms with van der Waals surface area (Å²) >= 11 is 0. The molecule has 0 bridgehead atoms. The molecule has 1 aromatic rings. The summed E-state index contributed by atoms with van der Waals surface area (Å²) in [6.07, 6.45) is 0. The minimum Gasteiger partial charge on any atom is -0.396 e. The molecule has 96 valence electrons.